The van der Waals surface area contributed by atoms with Crippen molar-refractivity contribution in [1.29, 1.82) is 0 Å². The summed E-state index contributed by atoms with van der Waals surface area (Å²) in [5.41, 5.74) is 2.23. The first-order valence-electron chi connectivity index (χ1n) is 8.06. The van der Waals surface area contributed by atoms with E-state index in [0.29, 0.717) is 17.0 Å². The molecule has 0 aliphatic rings. The summed E-state index contributed by atoms with van der Waals surface area (Å²) in [5, 5.41) is 6.18. The number of carbonyl (C=O) groups excluding carboxylic acids is 3. The highest BCUT2D eigenvalue weighted by atomic mass is 32.1. The number of esters is 1. The summed E-state index contributed by atoms with van der Waals surface area (Å²) in [7, 11) is 0. The molecule has 0 unspecified atom stereocenters. The van der Waals surface area contributed by atoms with Crippen LogP contribution in [0.2, 0.25) is 0 Å². The van der Waals surface area contributed by atoms with Crippen LogP contribution in [0, 0.1) is 0 Å². The first-order chi connectivity index (χ1) is 12.0. The molecule has 0 saturated heterocycles. The normalized spacial score (nSPS) is 10.5. The molecule has 0 atom stereocenters. The Morgan fingerprint density at radius 3 is 2.40 bits per heavy atom. The standard InChI is InChI=1S/C19H21NO4S/c1-13(2)14-3-5-15(6-4-14)17(21)11-24-18(22)7-9-20-19(23)16-8-10-25-12-16/h3-6,8,10,12-13H,7,9,11H2,1-2H3,(H,20,23). The smallest absolute Gasteiger partial charge is 0.308 e. The lowest BCUT2D eigenvalue weighted by Gasteiger charge is -2.07. The van der Waals surface area contributed by atoms with Crippen LogP contribution in [0.15, 0.2) is 41.1 Å². The quantitative estimate of drug-likeness (QED) is 0.579. The van der Waals surface area contributed by atoms with Crippen molar-refractivity contribution < 1.29 is 19.1 Å². The van der Waals surface area contributed by atoms with Crippen molar-refractivity contribution in [1.82, 2.24) is 5.32 Å². The average Bonchev–Trinajstić information content (AvgIpc) is 3.14. The lowest BCUT2D eigenvalue weighted by atomic mass is 10.0. The van der Waals surface area contributed by atoms with Crippen molar-refractivity contribution in [2.75, 3.05) is 13.2 Å². The number of amides is 1. The number of ketones is 1. The molecule has 0 aliphatic heterocycles. The predicted octanol–water partition coefficient (Wildman–Crippen LogP) is 3.42. The van der Waals surface area contributed by atoms with Crippen LogP contribution in [0.3, 0.4) is 0 Å². The third-order valence-electron chi connectivity index (χ3n) is 3.66. The SMILES string of the molecule is CC(C)c1ccc(C(=O)COC(=O)CCNC(=O)c2ccsc2)cc1. The summed E-state index contributed by atoms with van der Waals surface area (Å²) in [6, 6.07) is 9.00. The topological polar surface area (TPSA) is 72.5 Å². The highest BCUT2D eigenvalue weighted by molar-refractivity contribution is 7.08. The lowest BCUT2D eigenvalue weighted by molar-refractivity contribution is -0.142. The van der Waals surface area contributed by atoms with Gasteiger partial charge in [-0.1, -0.05) is 38.1 Å². The van der Waals surface area contributed by atoms with Gasteiger partial charge in [0.05, 0.1) is 6.42 Å². The Balaban J connectivity index is 1.70. The molecule has 1 heterocycles. The van der Waals surface area contributed by atoms with Gasteiger partial charge in [-0.05, 0) is 22.9 Å². The molecule has 1 aromatic heterocycles. The molecule has 132 valence electrons. The van der Waals surface area contributed by atoms with Crippen LogP contribution in [-0.2, 0) is 9.53 Å². The molecule has 0 spiro atoms. The van der Waals surface area contributed by atoms with Crippen molar-refractivity contribution in [3.8, 4) is 0 Å². The van der Waals surface area contributed by atoms with Crippen LogP contribution in [0.1, 0.15) is 52.5 Å². The Morgan fingerprint density at radius 2 is 1.80 bits per heavy atom. The maximum absolute atomic E-state index is 12.0. The van der Waals surface area contributed by atoms with E-state index >= 15 is 0 Å². The molecular formula is C19H21NO4S. The van der Waals surface area contributed by atoms with Gasteiger partial charge in [0.2, 0.25) is 0 Å². The molecule has 1 aromatic carbocycles. The van der Waals surface area contributed by atoms with Gasteiger partial charge >= 0.3 is 5.97 Å². The van der Waals surface area contributed by atoms with Gasteiger partial charge in [0, 0.05) is 23.1 Å². The minimum absolute atomic E-state index is 0.0233. The van der Waals surface area contributed by atoms with Crippen LogP contribution in [-0.4, -0.2) is 30.8 Å². The van der Waals surface area contributed by atoms with E-state index in [1.165, 1.54) is 11.3 Å². The van der Waals surface area contributed by atoms with Crippen LogP contribution >= 0.6 is 11.3 Å². The number of rotatable bonds is 8. The summed E-state index contributed by atoms with van der Waals surface area (Å²) in [4.78, 5) is 35.4. The minimum atomic E-state index is -0.516. The first-order valence-corrected chi connectivity index (χ1v) is 9.01. The highest BCUT2D eigenvalue weighted by Crippen LogP contribution is 2.15. The van der Waals surface area contributed by atoms with Gasteiger partial charge in [-0.3, -0.25) is 14.4 Å². The lowest BCUT2D eigenvalue weighted by Crippen LogP contribution is -2.26. The van der Waals surface area contributed by atoms with E-state index in [2.05, 4.69) is 19.2 Å². The molecule has 2 rings (SSSR count). The van der Waals surface area contributed by atoms with Gasteiger partial charge in [0.1, 0.15) is 0 Å². The van der Waals surface area contributed by atoms with E-state index in [0.717, 1.165) is 5.56 Å². The zero-order valence-corrected chi connectivity index (χ0v) is 15.1. The summed E-state index contributed by atoms with van der Waals surface area (Å²) < 4.78 is 4.97. The summed E-state index contributed by atoms with van der Waals surface area (Å²) in [5.74, 6) is -0.592. The molecule has 2 aromatic rings. The fraction of sp³-hybridized carbons (Fsp3) is 0.316. The first kappa shape index (κ1) is 18.9. The average molecular weight is 359 g/mol. The molecular weight excluding hydrogens is 338 g/mol. The summed E-state index contributed by atoms with van der Waals surface area (Å²) in [6.07, 6.45) is 0.0233. The Labute approximate surface area is 151 Å². The third kappa shape index (κ3) is 5.83. The molecule has 0 aliphatic carbocycles. The Morgan fingerprint density at radius 1 is 1.08 bits per heavy atom. The summed E-state index contributed by atoms with van der Waals surface area (Å²) >= 11 is 1.43. The maximum atomic E-state index is 12.0. The van der Waals surface area contributed by atoms with Crippen LogP contribution < -0.4 is 5.32 Å². The van der Waals surface area contributed by atoms with Crippen LogP contribution in [0.4, 0.5) is 0 Å². The monoisotopic (exact) mass is 359 g/mol. The number of Topliss-reactive ketones (excluding diaryl/α,β-unsaturated/α-hetero) is 1. The van der Waals surface area contributed by atoms with Crippen molar-refractivity contribution in [2.45, 2.75) is 26.2 Å². The number of benzene rings is 1. The zero-order chi connectivity index (χ0) is 18.2. The minimum Gasteiger partial charge on any atom is -0.457 e. The molecule has 6 heteroatoms. The van der Waals surface area contributed by atoms with E-state index < -0.39 is 5.97 Å². The second-order valence-electron chi connectivity index (χ2n) is 5.88. The molecule has 0 bridgehead atoms. The van der Waals surface area contributed by atoms with Gasteiger partial charge < -0.3 is 10.1 Å². The predicted molar refractivity (Wildman–Crippen MR) is 97.1 cm³/mol. The van der Waals surface area contributed by atoms with Crippen molar-refractivity contribution in [3.05, 3.63) is 57.8 Å². The molecule has 1 amide bonds. The van der Waals surface area contributed by atoms with E-state index in [4.69, 9.17) is 4.74 Å². The van der Waals surface area contributed by atoms with Crippen LogP contribution in [0.5, 0.6) is 0 Å². The van der Waals surface area contributed by atoms with Crippen LogP contribution in [0.25, 0.3) is 0 Å². The fourth-order valence-electron chi connectivity index (χ4n) is 2.13. The molecule has 25 heavy (non-hydrogen) atoms. The highest BCUT2D eigenvalue weighted by Gasteiger charge is 2.11. The number of thiophene rings is 1. The number of hydrogen-bond donors (Lipinski definition) is 1. The third-order valence-corrected chi connectivity index (χ3v) is 4.34. The largest absolute Gasteiger partial charge is 0.457 e. The second-order valence-corrected chi connectivity index (χ2v) is 6.66. The summed E-state index contributed by atoms with van der Waals surface area (Å²) in [6.45, 7) is 4.04. The Hall–Kier alpha value is -2.47. The van der Waals surface area contributed by atoms with Crippen molar-refractivity contribution in [3.63, 3.8) is 0 Å². The molecule has 1 N–H and O–H groups in total. The molecule has 5 nitrogen and oxygen atoms in total. The fourth-order valence-corrected chi connectivity index (χ4v) is 2.77. The maximum Gasteiger partial charge on any atom is 0.308 e. The van der Waals surface area contributed by atoms with Gasteiger partial charge in [-0.15, -0.1) is 0 Å². The van der Waals surface area contributed by atoms with Gasteiger partial charge in [-0.2, -0.15) is 11.3 Å². The van der Waals surface area contributed by atoms with Gasteiger partial charge in [0.15, 0.2) is 12.4 Å². The zero-order valence-electron chi connectivity index (χ0n) is 14.3. The molecule has 0 fully saturated rings. The number of nitrogens with one attached hydrogen (secondary N) is 1. The van der Waals surface area contributed by atoms with E-state index in [1.54, 1.807) is 23.6 Å². The second kappa shape index (κ2) is 9.13. The number of carbonyl (C=O) groups is 3. The number of ether oxygens (including phenoxy) is 1. The van der Waals surface area contributed by atoms with Gasteiger partial charge in [-0.25, -0.2) is 0 Å². The van der Waals surface area contributed by atoms with E-state index in [1.807, 2.05) is 17.5 Å². The van der Waals surface area contributed by atoms with Gasteiger partial charge in [0.25, 0.3) is 5.91 Å². The Kier molecular flexibility index (Phi) is 6.89. The van der Waals surface area contributed by atoms with Crippen molar-refractivity contribution in [2.24, 2.45) is 0 Å². The Bertz CT molecular complexity index is 720. The van der Waals surface area contributed by atoms with E-state index in [9.17, 15) is 14.4 Å². The van der Waals surface area contributed by atoms with E-state index in [-0.39, 0.29) is 31.3 Å². The molecule has 0 radical (unpaired) electrons. The number of hydrogen-bond acceptors (Lipinski definition) is 5. The molecule has 0 saturated carbocycles. The van der Waals surface area contributed by atoms with Crippen molar-refractivity contribution >= 4 is 29.0 Å².